The Balaban J connectivity index is 0.00000196. The molecule has 0 amide bonds. The van der Waals surface area contributed by atoms with E-state index in [9.17, 15) is 0 Å². The molecule has 1 aliphatic heterocycles. The fourth-order valence-corrected chi connectivity index (χ4v) is 4.23. The van der Waals surface area contributed by atoms with Gasteiger partial charge < -0.3 is 4.90 Å². The van der Waals surface area contributed by atoms with Crippen molar-refractivity contribution in [1.29, 1.82) is 0 Å². The Kier molecular flexibility index (Phi) is 6.38. The van der Waals surface area contributed by atoms with Crippen LogP contribution in [-0.2, 0) is 0 Å². The zero-order chi connectivity index (χ0) is 17.2. The fraction of sp³-hybridized carbons (Fsp3) is 0.500. The molecule has 0 atom stereocenters. The summed E-state index contributed by atoms with van der Waals surface area (Å²) in [7, 11) is 0. The first-order valence-electron chi connectivity index (χ1n) is 9.30. The maximum Gasteiger partial charge on any atom is 0.151 e. The van der Waals surface area contributed by atoms with Gasteiger partial charge in [-0.1, -0.05) is 36.6 Å². The van der Waals surface area contributed by atoms with Gasteiger partial charge in [0.1, 0.15) is 0 Å². The molecular weight excluding hydrogens is 367 g/mol. The van der Waals surface area contributed by atoms with E-state index in [2.05, 4.69) is 33.0 Å². The number of aryl methyl sites for hydroxylation is 1. The van der Waals surface area contributed by atoms with Crippen molar-refractivity contribution in [2.24, 2.45) is 0 Å². The second-order valence-electron chi connectivity index (χ2n) is 7.20. The molecule has 0 bridgehead atoms. The van der Waals surface area contributed by atoms with Crippen LogP contribution in [0.15, 0.2) is 30.3 Å². The van der Waals surface area contributed by atoms with E-state index >= 15 is 0 Å². The van der Waals surface area contributed by atoms with Gasteiger partial charge in [0.05, 0.1) is 5.69 Å². The van der Waals surface area contributed by atoms with Crippen LogP contribution in [0.3, 0.4) is 0 Å². The zero-order valence-electron chi connectivity index (χ0n) is 15.2. The van der Waals surface area contributed by atoms with Gasteiger partial charge in [0, 0.05) is 42.8 Å². The summed E-state index contributed by atoms with van der Waals surface area (Å²) < 4.78 is 0. The normalized spacial score (nSPS) is 18.8. The van der Waals surface area contributed by atoms with E-state index in [4.69, 9.17) is 11.6 Å². The first-order chi connectivity index (χ1) is 12.2. The molecule has 26 heavy (non-hydrogen) atoms. The summed E-state index contributed by atoms with van der Waals surface area (Å²) in [6, 6.07) is 10.8. The summed E-state index contributed by atoms with van der Waals surface area (Å²) in [5.41, 5.74) is 3.16. The number of aromatic nitrogens is 2. The molecule has 0 unspecified atom stereocenters. The number of anilines is 1. The van der Waals surface area contributed by atoms with Crippen molar-refractivity contribution in [1.82, 2.24) is 15.1 Å². The maximum atomic E-state index is 5.98. The molecule has 1 aromatic carbocycles. The Morgan fingerprint density at radius 1 is 0.962 bits per heavy atom. The number of benzene rings is 1. The average molecular weight is 393 g/mol. The van der Waals surface area contributed by atoms with Crippen LogP contribution in [0.5, 0.6) is 0 Å². The predicted octanol–water partition coefficient (Wildman–Crippen LogP) is 4.59. The molecule has 2 heterocycles. The highest BCUT2D eigenvalue weighted by Crippen LogP contribution is 2.27. The number of halogens is 2. The Bertz CT molecular complexity index is 721. The van der Waals surface area contributed by atoms with Gasteiger partial charge in [-0.25, -0.2) is 0 Å². The van der Waals surface area contributed by atoms with E-state index in [0.717, 1.165) is 59.9 Å². The van der Waals surface area contributed by atoms with Crippen LogP contribution >= 0.6 is 24.0 Å². The molecule has 140 valence electrons. The number of hydrogen-bond donors (Lipinski definition) is 0. The van der Waals surface area contributed by atoms with Crippen LogP contribution < -0.4 is 4.90 Å². The Morgan fingerprint density at radius 3 is 2.23 bits per heavy atom. The quantitative estimate of drug-likeness (QED) is 0.764. The molecule has 0 spiro atoms. The third-order valence-electron chi connectivity index (χ3n) is 5.57. The average Bonchev–Trinajstić information content (AvgIpc) is 3.17. The minimum absolute atomic E-state index is 0. The third-order valence-corrected chi connectivity index (χ3v) is 5.82. The van der Waals surface area contributed by atoms with Crippen LogP contribution in [0.4, 0.5) is 5.82 Å². The molecule has 1 saturated carbocycles. The molecule has 1 aromatic heterocycles. The zero-order valence-corrected chi connectivity index (χ0v) is 16.8. The molecule has 0 radical (unpaired) electrons. The highest BCUT2D eigenvalue weighted by atomic mass is 35.5. The standard InChI is InChI=1S/C20H25ClN4.ClH/c1-15-14-19(22-23-20(15)16-6-8-17(21)9-7-16)25-12-10-24(11-13-25)18-4-2-3-5-18;/h6-9,14,18H,2-5,10-13H2,1H3;1H. The number of rotatable bonds is 3. The van der Waals surface area contributed by atoms with Gasteiger partial charge >= 0.3 is 0 Å². The largest absolute Gasteiger partial charge is 0.353 e. The van der Waals surface area contributed by atoms with Crippen molar-refractivity contribution in [2.75, 3.05) is 31.1 Å². The highest BCUT2D eigenvalue weighted by Gasteiger charge is 2.26. The van der Waals surface area contributed by atoms with Crippen LogP contribution in [0.2, 0.25) is 5.02 Å². The summed E-state index contributed by atoms with van der Waals surface area (Å²) >= 11 is 5.98. The van der Waals surface area contributed by atoms with Crippen LogP contribution in [0.1, 0.15) is 31.2 Å². The topological polar surface area (TPSA) is 32.3 Å². The van der Waals surface area contributed by atoms with E-state index in [-0.39, 0.29) is 12.4 Å². The monoisotopic (exact) mass is 392 g/mol. The number of nitrogens with zero attached hydrogens (tertiary/aromatic N) is 4. The molecule has 4 rings (SSSR count). The van der Waals surface area contributed by atoms with E-state index < -0.39 is 0 Å². The van der Waals surface area contributed by atoms with Gasteiger partial charge in [-0.2, -0.15) is 0 Å². The summed E-state index contributed by atoms with van der Waals surface area (Å²) in [6.45, 7) is 6.49. The third kappa shape index (κ3) is 4.13. The van der Waals surface area contributed by atoms with Gasteiger partial charge in [-0.05, 0) is 43.5 Å². The van der Waals surface area contributed by atoms with Gasteiger partial charge in [0.15, 0.2) is 5.82 Å². The van der Waals surface area contributed by atoms with Crippen molar-refractivity contribution < 1.29 is 0 Å². The van der Waals surface area contributed by atoms with Crippen molar-refractivity contribution in [3.05, 3.63) is 40.9 Å². The first kappa shape index (κ1) is 19.4. The lowest BCUT2D eigenvalue weighted by Gasteiger charge is -2.38. The lowest BCUT2D eigenvalue weighted by atomic mass is 10.1. The van der Waals surface area contributed by atoms with Gasteiger partial charge in [-0.15, -0.1) is 22.6 Å². The van der Waals surface area contributed by atoms with Crippen LogP contribution in [-0.4, -0.2) is 47.3 Å². The van der Waals surface area contributed by atoms with Gasteiger partial charge in [0.2, 0.25) is 0 Å². The Hall–Kier alpha value is -1.36. The summed E-state index contributed by atoms with van der Waals surface area (Å²) in [6.07, 6.45) is 5.58. The first-order valence-corrected chi connectivity index (χ1v) is 9.68. The summed E-state index contributed by atoms with van der Waals surface area (Å²) in [4.78, 5) is 5.04. The van der Waals surface area contributed by atoms with Crippen LogP contribution in [0, 0.1) is 6.92 Å². The molecule has 4 nitrogen and oxygen atoms in total. The fourth-order valence-electron chi connectivity index (χ4n) is 4.10. The molecular formula is C20H26Cl2N4. The second kappa shape index (κ2) is 8.55. The van der Waals surface area contributed by atoms with E-state index in [1.807, 2.05) is 24.3 Å². The minimum atomic E-state index is 0. The lowest BCUT2D eigenvalue weighted by Crippen LogP contribution is -2.50. The maximum absolute atomic E-state index is 5.98. The van der Waals surface area contributed by atoms with E-state index in [1.165, 1.54) is 25.7 Å². The van der Waals surface area contributed by atoms with Crippen molar-refractivity contribution in [3.8, 4) is 11.3 Å². The van der Waals surface area contributed by atoms with Crippen molar-refractivity contribution in [3.63, 3.8) is 0 Å². The summed E-state index contributed by atoms with van der Waals surface area (Å²) in [5.74, 6) is 1.00. The summed E-state index contributed by atoms with van der Waals surface area (Å²) in [5, 5.41) is 9.75. The molecule has 0 N–H and O–H groups in total. The molecule has 6 heteroatoms. The number of piperazine rings is 1. The number of hydrogen-bond acceptors (Lipinski definition) is 4. The van der Waals surface area contributed by atoms with Crippen molar-refractivity contribution >= 4 is 29.8 Å². The van der Waals surface area contributed by atoms with E-state index in [1.54, 1.807) is 0 Å². The SMILES string of the molecule is Cc1cc(N2CCN(C3CCCC3)CC2)nnc1-c1ccc(Cl)cc1.Cl. The Labute approximate surface area is 167 Å². The smallest absolute Gasteiger partial charge is 0.151 e. The highest BCUT2D eigenvalue weighted by molar-refractivity contribution is 6.30. The molecule has 2 aromatic rings. The molecule has 2 aliphatic rings. The van der Waals surface area contributed by atoms with Gasteiger partial charge in [-0.3, -0.25) is 4.90 Å². The van der Waals surface area contributed by atoms with E-state index in [0.29, 0.717) is 0 Å². The lowest BCUT2D eigenvalue weighted by molar-refractivity contribution is 0.187. The van der Waals surface area contributed by atoms with Gasteiger partial charge in [0.25, 0.3) is 0 Å². The molecule has 1 aliphatic carbocycles. The second-order valence-corrected chi connectivity index (χ2v) is 7.64. The minimum Gasteiger partial charge on any atom is -0.353 e. The Morgan fingerprint density at radius 2 is 1.62 bits per heavy atom. The molecule has 1 saturated heterocycles. The van der Waals surface area contributed by atoms with Crippen LogP contribution in [0.25, 0.3) is 11.3 Å². The predicted molar refractivity (Wildman–Crippen MR) is 111 cm³/mol. The molecule has 2 fully saturated rings. The van der Waals surface area contributed by atoms with Crippen molar-refractivity contribution in [2.45, 2.75) is 38.6 Å².